The molecule has 22 heavy (non-hydrogen) atoms. The number of carbonyl (C=O) groups excluding carboxylic acids is 1. The lowest BCUT2D eigenvalue weighted by atomic mass is 10.1. The standard InChI is InChI=1S/C18H37NO3/c1-4-7-8-9-10-11-12-13-14-15-17-21-19(6-3)22-18(20)16-5-2/h4-17H2,1-3H3. The normalized spacial score (nSPS) is 11.1. The largest absolute Gasteiger partial charge is 0.342 e. The van der Waals surface area contributed by atoms with Gasteiger partial charge in [0.15, 0.2) is 0 Å². The van der Waals surface area contributed by atoms with E-state index in [1.165, 1.54) is 63.0 Å². The van der Waals surface area contributed by atoms with Crippen molar-refractivity contribution in [3.63, 3.8) is 0 Å². The highest BCUT2D eigenvalue weighted by atomic mass is 17.0. The highest BCUT2D eigenvalue weighted by molar-refractivity contribution is 5.68. The molecule has 4 nitrogen and oxygen atoms in total. The van der Waals surface area contributed by atoms with Crippen LogP contribution in [0.4, 0.5) is 0 Å². The van der Waals surface area contributed by atoms with Crippen LogP contribution in [0.25, 0.3) is 0 Å². The first-order chi connectivity index (χ1) is 10.7. The summed E-state index contributed by atoms with van der Waals surface area (Å²) in [6.07, 6.45) is 14.3. The van der Waals surface area contributed by atoms with Crippen LogP contribution in [0.15, 0.2) is 0 Å². The van der Waals surface area contributed by atoms with Crippen molar-refractivity contribution in [1.29, 1.82) is 0 Å². The van der Waals surface area contributed by atoms with E-state index < -0.39 is 0 Å². The third-order valence-corrected chi connectivity index (χ3v) is 3.65. The molecule has 0 aromatic rings. The number of hydrogen-bond donors (Lipinski definition) is 0. The summed E-state index contributed by atoms with van der Waals surface area (Å²) in [5.74, 6) is -0.215. The van der Waals surface area contributed by atoms with Gasteiger partial charge in [-0.05, 0) is 25.0 Å². The van der Waals surface area contributed by atoms with E-state index in [0.717, 1.165) is 12.8 Å². The minimum absolute atomic E-state index is 0.215. The molecule has 0 unspecified atom stereocenters. The second-order valence-electron chi connectivity index (χ2n) is 5.88. The Morgan fingerprint density at radius 3 is 1.82 bits per heavy atom. The van der Waals surface area contributed by atoms with Gasteiger partial charge in [0.05, 0.1) is 13.2 Å². The zero-order valence-electron chi connectivity index (χ0n) is 15.1. The molecule has 0 spiro atoms. The van der Waals surface area contributed by atoms with Crippen LogP contribution in [-0.2, 0) is 14.5 Å². The number of hydroxylamine groups is 2. The van der Waals surface area contributed by atoms with Gasteiger partial charge in [-0.15, -0.1) is 0 Å². The molecule has 0 saturated carbocycles. The quantitative estimate of drug-likeness (QED) is 0.281. The summed E-state index contributed by atoms with van der Waals surface area (Å²) in [4.78, 5) is 21.9. The molecule has 0 aliphatic carbocycles. The van der Waals surface area contributed by atoms with Gasteiger partial charge in [0.1, 0.15) is 0 Å². The van der Waals surface area contributed by atoms with Gasteiger partial charge < -0.3 is 4.84 Å². The van der Waals surface area contributed by atoms with Crippen LogP contribution >= 0.6 is 0 Å². The van der Waals surface area contributed by atoms with Gasteiger partial charge in [0, 0.05) is 6.42 Å². The topological polar surface area (TPSA) is 38.8 Å². The summed E-state index contributed by atoms with van der Waals surface area (Å²) in [7, 11) is 0. The lowest BCUT2D eigenvalue weighted by Gasteiger charge is -2.18. The Bertz CT molecular complexity index is 246. The van der Waals surface area contributed by atoms with Crippen molar-refractivity contribution >= 4 is 5.97 Å². The van der Waals surface area contributed by atoms with Gasteiger partial charge in [-0.1, -0.05) is 71.6 Å². The fourth-order valence-electron chi connectivity index (χ4n) is 2.30. The summed E-state index contributed by atoms with van der Waals surface area (Å²) in [5.41, 5.74) is 0. The van der Waals surface area contributed by atoms with Gasteiger partial charge in [-0.2, -0.15) is 0 Å². The number of carbonyl (C=O) groups is 1. The lowest BCUT2D eigenvalue weighted by molar-refractivity contribution is -0.344. The molecule has 0 N–H and O–H groups in total. The van der Waals surface area contributed by atoms with E-state index >= 15 is 0 Å². The zero-order valence-corrected chi connectivity index (χ0v) is 15.1. The van der Waals surface area contributed by atoms with Gasteiger partial charge in [-0.3, -0.25) is 9.63 Å². The Labute approximate surface area is 137 Å². The third-order valence-electron chi connectivity index (χ3n) is 3.65. The molecule has 0 saturated heterocycles. The smallest absolute Gasteiger partial charge is 0.328 e. The monoisotopic (exact) mass is 315 g/mol. The first-order valence-corrected chi connectivity index (χ1v) is 9.35. The van der Waals surface area contributed by atoms with E-state index in [4.69, 9.17) is 9.68 Å². The predicted octanol–water partition coefficient (Wildman–Crippen LogP) is 5.42. The second-order valence-corrected chi connectivity index (χ2v) is 5.88. The number of rotatable bonds is 16. The molecule has 0 radical (unpaired) electrons. The van der Waals surface area contributed by atoms with Crippen LogP contribution in [-0.4, -0.2) is 24.3 Å². The average molecular weight is 315 g/mol. The third kappa shape index (κ3) is 14.3. The molecule has 4 heteroatoms. The molecular formula is C18H37NO3. The van der Waals surface area contributed by atoms with Gasteiger partial charge in [0.25, 0.3) is 0 Å². The molecular weight excluding hydrogens is 278 g/mol. The Hall–Kier alpha value is -0.610. The summed E-state index contributed by atoms with van der Waals surface area (Å²) >= 11 is 0. The average Bonchev–Trinajstić information content (AvgIpc) is 2.51. The van der Waals surface area contributed by atoms with Crippen molar-refractivity contribution in [3.05, 3.63) is 0 Å². The minimum atomic E-state index is -0.215. The second kappa shape index (κ2) is 16.8. The van der Waals surface area contributed by atoms with E-state index in [1.807, 2.05) is 13.8 Å². The number of hydrogen-bond acceptors (Lipinski definition) is 4. The Morgan fingerprint density at radius 1 is 0.773 bits per heavy atom. The van der Waals surface area contributed by atoms with Crippen LogP contribution in [0.1, 0.15) is 97.8 Å². The number of nitrogens with zero attached hydrogens (tertiary/aromatic N) is 1. The van der Waals surface area contributed by atoms with Crippen molar-refractivity contribution in [2.75, 3.05) is 13.2 Å². The summed E-state index contributed by atoms with van der Waals surface area (Å²) in [6, 6.07) is 0. The molecule has 0 heterocycles. The maximum absolute atomic E-state index is 11.4. The maximum atomic E-state index is 11.4. The molecule has 0 rings (SSSR count). The zero-order chi connectivity index (χ0) is 16.5. The van der Waals surface area contributed by atoms with Crippen molar-refractivity contribution in [2.45, 2.75) is 97.8 Å². The van der Waals surface area contributed by atoms with Crippen molar-refractivity contribution in [1.82, 2.24) is 5.23 Å². The van der Waals surface area contributed by atoms with Crippen LogP contribution in [0, 0.1) is 0 Å². The van der Waals surface area contributed by atoms with E-state index in [1.54, 1.807) is 0 Å². The predicted molar refractivity (Wildman–Crippen MR) is 91.2 cm³/mol. The molecule has 0 aliphatic rings. The van der Waals surface area contributed by atoms with Gasteiger partial charge in [0.2, 0.25) is 0 Å². The van der Waals surface area contributed by atoms with Crippen LogP contribution in [0.5, 0.6) is 0 Å². The van der Waals surface area contributed by atoms with E-state index in [2.05, 4.69) is 6.92 Å². The van der Waals surface area contributed by atoms with Crippen LogP contribution in [0.2, 0.25) is 0 Å². The fourth-order valence-corrected chi connectivity index (χ4v) is 2.30. The summed E-state index contributed by atoms with van der Waals surface area (Å²) in [6.45, 7) is 7.32. The Kier molecular flexibility index (Phi) is 16.3. The van der Waals surface area contributed by atoms with E-state index in [-0.39, 0.29) is 5.97 Å². The fraction of sp³-hybridized carbons (Fsp3) is 0.944. The van der Waals surface area contributed by atoms with Crippen LogP contribution < -0.4 is 0 Å². The molecule has 132 valence electrons. The summed E-state index contributed by atoms with van der Waals surface area (Å²) in [5, 5.41) is 1.31. The molecule has 0 atom stereocenters. The molecule has 0 bridgehead atoms. The van der Waals surface area contributed by atoms with Crippen molar-refractivity contribution in [2.24, 2.45) is 0 Å². The number of unbranched alkanes of at least 4 members (excludes halogenated alkanes) is 9. The summed E-state index contributed by atoms with van der Waals surface area (Å²) < 4.78 is 0. The molecule has 0 amide bonds. The first kappa shape index (κ1) is 21.4. The molecule has 0 aromatic carbocycles. The van der Waals surface area contributed by atoms with E-state index in [9.17, 15) is 4.79 Å². The first-order valence-electron chi connectivity index (χ1n) is 9.35. The van der Waals surface area contributed by atoms with Crippen LogP contribution in [0.3, 0.4) is 0 Å². The van der Waals surface area contributed by atoms with E-state index in [0.29, 0.717) is 19.6 Å². The lowest BCUT2D eigenvalue weighted by Crippen LogP contribution is -2.27. The maximum Gasteiger partial charge on any atom is 0.328 e. The Balaban J connectivity index is 3.34. The van der Waals surface area contributed by atoms with Gasteiger partial charge >= 0.3 is 5.97 Å². The molecule has 0 aliphatic heterocycles. The Morgan fingerprint density at radius 2 is 1.32 bits per heavy atom. The highest BCUT2D eigenvalue weighted by Gasteiger charge is 2.09. The minimum Gasteiger partial charge on any atom is -0.342 e. The van der Waals surface area contributed by atoms with Gasteiger partial charge in [-0.25, -0.2) is 0 Å². The molecule has 0 aromatic heterocycles. The van der Waals surface area contributed by atoms with Crippen molar-refractivity contribution < 1.29 is 14.5 Å². The highest BCUT2D eigenvalue weighted by Crippen LogP contribution is 2.10. The molecule has 0 fully saturated rings. The van der Waals surface area contributed by atoms with Crippen molar-refractivity contribution in [3.8, 4) is 0 Å². The SMILES string of the molecule is CCCCCCCCCCCCON(CC)OC(=O)CCC.